The molecule has 1 aliphatic heterocycles. The first-order valence-electron chi connectivity index (χ1n) is 15.4. The fourth-order valence-corrected chi connectivity index (χ4v) is 8.64. The van der Waals surface area contributed by atoms with E-state index >= 15 is 0 Å². The second-order valence-electron chi connectivity index (χ2n) is 13.7. The van der Waals surface area contributed by atoms with Crippen LogP contribution in [0.4, 0.5) is 0 Å². The molecular formula is C35H42O10. The molecule has 242 valence electrons. The summed E-state index contributed by atoms with van der Waals surface area (Å²) in [6.45, 7) is 15.5. The number of esters is 4. The SMILES string of the molecule is C=C1C(OC(=O)/C=C/c2ccccc2)CC[C@@]2(C)C(OC(C)=O)C(OC(C)=O)[C@@]34O[C@@]3(C)C(=O)C[C@@H](C(OC(C)=O)[C@H]12)C4(C)C. The molecule has 1 saturated heterocycles. The fraction of sp³-hybridized carbons (Fsp3) is 0.571. The van der Waals surface area contributed by atoms with E-state index in [1.165, 1.54) is 26.8 Å². The standard InChI is InChI=1S/C35H42O10/c1-19-25(44-27(40)15-14-23-12-10-9-11-13-23)16-17-33(7)28(19)29(41-20(2)36)24-18-26(39)34(8)35(45-34,32(24,5)6)31(43-22(4)38)30(33)42-21(3)37/h9-15,24-25,28-31H,1,16-18H2,2-8H3/b15-14+/t24-,25?,28-,29?,30?,31?,33+,34-,35-/m0/s1. The zero-order valence-electron chi connectivity index (χ0n) is 26.9. The van der Waals surface area contributed by atoms with Gasteiger partial charge in [0.1, 0.15) is 18.3 Å². The molecule has 1 spiro atoms. The Bertz CT molecular complexity index is 1460. The summed E-state index contributed by atoms with van der Waals surface area (Å²) in [5.41, 5.74) is -3.37. The van der Waals surface area contributed by atoms with E-state index in [0.717, 1.165) is 5.56 Å². The van der Waals surface area contributed by atoms with Crippen molar-refractivity contribution in [1.82, 2.24) is 0 Å². The van der Waals surface area contributed by atoms with Gasteiger partial charge in [-0.15, -0.1) is 0 Å². The molecular weight excluding hydrogens is 580 g/mol. The highest BCUT2D eigenvalue weighted by Crippen LogP contribution is 2.72. The summed E-state index contributed by atoms with van der Waals surface area (Å²) in [4.78, 5) is 65.0. The van der Waals surface area contributed by atoms with E-state index in [4.69, 9.17) is 23.7 Å². The average molecular weight is 623 g/mol. The number of rotatable bonds is 6. The van der Waals surface area contributed by atoms with E-state index in [1.807, 2.05) is 51.1 Å². The van der Waals surface area contributed by atoms with Crippen LogP contribution in [0.5, 0.6) is 0 Å². The number of epoxide rings is 1. The third kappa shape index (κ3) is 5.11. The molecule has 0 radical (unpaired) electrons. The van der Waals surface area contributed by atoms with Crippen molar-refractivity contribution < 1.29 is 47.7 Å². The van der Waals surface area contributed by atoms with Gasteiger partial charge in [-0.3, -0.25) is 19.2 Å². The van der Waals surface area contributed by atoms with Crippen molar-refractivity contribution in [2.24, 2.45) is 22.7 Å². The van der Waals surface area contributed by atoms with Crippen LogP contribution >= 0.6 is 0 Å². The summed E-state index contributed by atoms with van der Waals surface area (Å²) in [5.74, 6) is -3.99. The molecule has 3 aliphatic carbocycles. The van der Waals surface area contributed by atoms with E-state index in [2.05, 4.69) is 6.58 Å². The molecule has 0 amide bonds. The summed E-state index contributed by atoms with van der Waals surface area (Å²) in [6.07, 6.45) is -0.339. The van der Waals surface area contributed by atoms with Gasteiger partial charge in [0.15, 0.2) is 23.1 Å². The lowest BCUT2D eigenvalue weighted by Crippen LogP contribution is -2.71. The average Bonchev–Trinajstić information content (AvgIpc) is 3.62. The largest absolute Gasteiger partial charge is 0.462 e. The molecule has 0 aromatic heterocycles. The van der Waals surface area contributed by atoms with Crippen molar-refractivity contribution in [2.75, 3.05) is 0 Å². The topological polar surface area (TPSA) is 135 Å². The monoisotopic (exact) mass is 622 g/mol. The maximum absolute atomic E-state index is 13.8. The summed E-state index contributed by atoms with van der Waals surface area (Å²) in [6, 6.07) is 9.31. The van der Waals surface area contributed by atoms with Gasteiger partial charge in [0.25, 0.3) is 0 Å². The van der Waals surface area contributed by atoms with Gasteiger partial charge in [0.2, 0.25) is 0 Å². The molecule has 0 N–H and O–H groups in total. The Morgan fingerprint density at radius 1 is 0.889 bits per heavy atom. The highest BCUT2D eigenvalue weighted by Gasteiger charge is 2.88. The first-order chi connectivity index (χ1) is 21.0. The lowest BCUT2D eigenvalue weighted by atomic mass is 9.46. The molecule has 9 atom stereocenters. The number of hydrogen-bond acceptors (Lipinski definition) is 10. The van der Waals surface area contributed by atoms with Crippen LogP contribution in [0.3, 0.4) is 0 Å². The Morgan fingerprint density at radius 2 is 1.49 bits per heavy atom. The second-order valence-corrected chi connectivity index (χ2v) is 13.7. The van der Waals surface area contributed by atoms with Gasteiger partial charge < -0.3 is 23.7 Å². The molecule has 4 unspecified atom stereocenters. The lowest BCUT2D eigenvalue weighted by Gasteiger charge is -2.60. The number of carbonyl (C=O) groups is 5. The highest BCUT2D eigenvalue weighted by molar-refractivity contribution is 5.94. The summed E-state index contributed by atoms with van der Waals surface area (Å²) in [5, 5.41) is 0. The van der Waals surface area contributed by atoms with Crippen LogP contribution in [-0.4, -0.2) is 65.3 Å². The van der Waals surface area contributed by atoms with Gasteiger partial charge in [-0.1, -0.05) is 57.7 Å². The minimum atomic E-state index is -1.37. The van der Waals surface area contributed by atoms with Crippen molar-refractivity contribution in [3.63, 3.8) is 0 Å². The number of fused-ring (bicyclic) bond motifs is 2. The van der Waals surface area contributed by atoms with Crippen LogP contribution in [-0.2, 0) is 47.7 Å². The van der Waals surface area contributed by atoms with Crippen molar-refractivity contribution in [2.45, 2.75) is 103 Å². The molecule has 10 heteroatoms. The van der Waals surface area contributed by atoms with E-state index in [9.17, 15) is 24.0 Å². The second kappa shape index (κ2) is 11.2. The Hall–Kier alpha value is -3.79. The van der Waals surface area contributed by atoms with E-state index in [-0.39, 0.29) is 12.2 Å². The lowest BCUT2D eigenvalue weighted by molar-refractivity contribution is -0.230. The molecule has 5 rings (SSSR count). The number of ketones is 1. The molecule has 1 aromatic carbocycles. The number of benzene rings is 1. The molecule has 4 aliphatic rings. The molecule has 4 fully saturated rings. The molecule has 1 aromatic rings. The number of hydrogen-bond donors (Lipinski definition) is 0. The van der Waals surface area contributed by atoms with Crippen LogP contribution in [0.15, 0.2) is 48.6 Å². The van der Waals surface area contributed by atoms with Gasteiger partial charge in [0, 0.05) is 55.9 Å². The molecule has 10 nitrogen and oxygen atoms in total. The zero-order valence-corrected chi connectivity index (χ0v) is 26.9. The predicted octanol–water partition coefficient (Wildman–Crippen LogP) is 4.54. The minimum Gasteiger partial charge on any atom is -0.462 e. The quantitative estimate of drug-likeness (QED) is 0.146. The summed E-state index contributed by atoms with van der Waals surface area (Å²) < 4.78 is 30.5. The van der Waals surface area contributed by atoms with E-state index in [0.29, 0.717) is 18.4 Å². The van der Waals surface area contributed by atoms with Crippen LogP contribution in [0.1, 0.15) is 73.3 Å². The van der Waals surface area contributed by atoms with Crippen molar-refractivity contribution in [1.29, 1.82) is 0 Å². The van der Waals surface area contributed by atoms with Crippen molar-refractivity contribution in [3.8, 4) is 0 Å². The third-order valence-electron chi connectivity index (χ3n) is 10.7. The maximum atomic E-state index is 13.8. The first kappa shape index (κ1) is 32.6. The van der Waals surface area contributed by atoms with Crippen LogP contribution in [0.2, 0.25) is 0 Å². The Balaban J connectivity index is 1.63. The third-order valence-corrected chi connectivity index (χ3v) is 10.7. The molecule has 45 heavy (non-hydrogen) atoms. The van der Waals surface area contributed by atoms with Crippen LogP contribution in [0, 0.1) is 22.7 Å². The van der Waals surface area contributed by atoms with Gasteiger partial charge in [-0.05, 0) is 37.0 Å². The summed E-state index contributed by atoms with van der Waals surface area (Å²) in [7, 11) is 0. The first-order valence-corrected chi connectivity index (χ1v) is 15.4. The summed E-state index contributed by atoms with van der Waals surface area (Å²) >= 11 is 0. The minimum absolute atomic E-state index is 0.0261. The fourth-order valence-electron chi connectivity index (χ4n) is 8.64. The smallest absolute Gasteiger partial charge is 0.331 e. The maximum Gasteiger partial charge on any atom is 0.331 e. The van der Waals surface area contributed by atoms with Gasteiger partial charge in [-0.2, -0.15) is 0 Å². The van der Waals surface area contributed by atoms with Gasteiger partial charge in [0.05, 0.1) is 0 Å². The van der Waals surface area contributed by atoms with Crippen LogP contribution < -0.4 is 0 Å². The Morgan fingerprint density at radius 3 is 2.09 bits per heavy atom. The Kier molecular flexibility index (Phi) is 8.13. The van der Waals surface area contributed by atoms with Gasteiger partial charge in [-0.25, -0.2) is 4.79 Å². The van der Waals surface area contributed by atoms with E-state index in [1.54, 1.807) is 13.0 Å². The number of Topliss-reactive ketones (excluding diaryl/α,β-unsaturated/α-hetero) is 1. The normalized spacial score (nSPS) is 38.1. The van der Waals surface area contributed by atoms with Crippen molar-refractivity contribution in [3.05, 3.63) is 54.1 Å². The predicted molar refractivity (Wildman–Crippen MR) is 161 cm³/mol. The Labute approximate surface area is 263 Å². The number of ether oxygens (including phenoxy) is 5. The zero-order chi connectivity index (χ0) is 33.1. The van der Waals surface area contributed by atoms with Crippen LogP contribution in [0.25, 0.3) is 6.08 Å². The van der Waals surface area contributed by atoms with Gasteiger partial charge >= 0.3 is 23.9 Å². The highest BCUT2D eigenvalue weighted by atomic mass is 16.7. The van der Waals surface area contributed by atoms with E-state index < -0.39 is 82.2 Å². The number of carbonyl (C=O) groups excluding carboxylic acids is 5. The molecule has 3 saturated carbocycles. The molecule has 1 heterocycles. The molecule has 2 bridgehead atoms. The van der Waals surface area contributed by atoms with Crippen molar-refractivity contribution >= 4 is 35.7 Å².